The van der Waals surface area contributed by atoms with Crippen molar-refractivity contribution in [1.82, 2.24) is 37.2 Å². The first-order valence-corrected chi connectivity index (χ1v) is 18.4. The number of rotatable bonds is 23. The van der Waals surface area contributed by atoms with Gasteiger partial charge in [-0.25, -0.2) is 0 Å². The highest BCUT2D eigenvalue weighted by Gasteiger charge is 2.34. The number of nitrogens with two attached hydrogens (primary N) is 2. The summed E-state index contributed by atoms with van der Waals surface area (Å²) in [4.78, 5) is 91.3. The summed E-state index contributed by atoms with van der Waals surface area (Å²) in [6.07, 6.45) is 1.16. The summed E-state index contributed by atoms with van der Waals surface area (Å²) in [6, 6.07) is 2.57. The van der Waals surface area contributed by atoms with Crippen LogP contribution in [0.3, 0.4) is 0 Å². The van der Waals surface area contributed by atoms with Gasteiger partial charge < -0.3 is 48.7 Å². The molecule has 0 heterocycles. The molecule has 1 aromatic rings. The van der Waals surface area contributed by atoms with Crippen molar-refractivity contribution in [1.29, 1.82) is 5.41 Å². The molecule has 0 spiro atoms. The molecule has 54 heavy (non-hydrogen) atoms. The minimum absolute atomic E-state index is 0.0493. The van der Waals surface area contributed by atoms with E-state index in [1.165, 1.54) is 13.8 Å². The fraction of sp³-hybridized carbons (Fsp3) is 0.622. The maximum absolute atomic E-state index is 13.9. The van der Waals surface area contributed by atoms with E-state index in [1.807, 2.05) is 27.7 Å². The monoisotopic (exact) mass is 758 g/mol. The molecular formula is C37H62N10O7. The summed E-state index contributed by atoms with van der Waals surface area (Å²) in [7, 11) is 0. The van der Waals surface area contributed by atoms with Crippen LogP contribution >= 0.6 is 0 Å². The first-order valence-electron chi connectivity index (χ1n) is 18.4. The number of nitrogens with one attached hydrogen (secondary N) is 8. The minimum atomic E-state index is -1.17. The van der Waals surface area contributed by atoms with Crippen molar-refractivity contribution in [2.24, 2.45) is 29.2 Å². The van der Waals surface area contributed by atoms with Gasteiger partial charge in [-0.05, 0) is 55.9 Å². The number of hydrogen-bond acceptors (Lipinski definition) is 8. The zero-order valence-corrected chi connectivity index (χ0v) is 32.8. The molecule has 0 aliphatic carbocycles. The van der Waals surface area contributed by atoms with E-state index in [4.69, 9.17) is 16.9 Å². The molecule has 0 saturated carbocycles. The zero-order chi connectivity index (χ0) is 41.1. The third kappa shape index (κ3) is 18.0. The van der Waals surface area contributed by atoms with Crippen molar-refractivity contribution < 1.29 is 33.6 Å². The Morgan fingerprint density at radius 3 is 1.63 bits per heavy atom. The molecule has 0 radical (unpaired) electrons. The first-order chi connectivity index (χ1) is 25.2. The zero-order valence-electron chi connectivity index (χ0n) is 32.8. The summed E-state index contributed by atoms with van der Waals surface area (Å²) in [5.41, 5.74) is 11.6. The van der Waals surface area contributed by atoms with E-state index in [2.05, 4.69) is 37.2 Å². The summed E-state index contributed by atoms with van der Waals surface area (Å²) in [5.74, 6) is -4.98. The predicted octanol–water partition coefficient (Wildman–Crippen LogP) is -0.326. The van der Waals surface area contributed by atoms with Gasteiger partial charge >= 0.3 is 0 Å². The molecule has 1 rings (SSSR count). The van der Waals surface area contributed by atoms with Crippen LogP contribution in [0.2, 0.25) is 0 Å². The normalized spacial score (nSPS) is 14.4. The second-order valence-electron chi connectivity index (χ2n) is 14.7. The largest absolute Gasteiger partial charge is 0.370 e. The molecule has 0 fully saturated rings. The highest BCUT2D eigenvalue weighted by molar-refractivity contribution is 5.97. The van der Waals surface area contributed by atoms with E-state index < -0.39 is 83.5 Å². The number of carbonyl (C=O) groups excluding carboxylic acids is 7. The number of guanidine groups is 1. The molecule has 302 valence electrons. The Bertz CT molecular complexity index is 1440. The smallest absolute Gasteiger partial charge is 0.243 e. The third-order valence-corrected chi connectivity index (χ3v) is 8.30. The molecule has 7 amide bonds. The van der Waals surface area contributed by atoms with Crippen LogP contribution in [0, 0.1) is 23.2 Å². The fourth-order valence-electron chi connectivity index (χ4n) is 5.52. The van der Waals surface area contributed by atoms with Crippen molar-refractivity contribution in [3.05, 3.63) is 35.9 Å². The van der Waals surface area contributed by atoms with Gasteiger partial charge in [0.1, 0.15) is 36.3 Å². The number of carbonyl (C=O) groups is 7. The molecule has 0 aliphatic heterocycles. The lowest BCUT2D eigenvalue weighted by Crippen LogP contribution is -2.60. The van der Waals surface area contributed by atoms with Crippen molar-refractivity contribution in [2.75, 3.05) is 6.54 Å². The van der Waals surface area contributed by atoms with E-state index in [1.54, 1.807) is 44.2 Å². The van der Waals surface area contributed by atoms with Crippen LogP contribution in [0.25, 0.3) is 0 Å². The standard InChI is InChI=1S/C37H62N10O7/c1-20(2)17-27(43-24(8)48)33(51)42-23(7)32(50)45-29(19-25-13-10-9-11-14-25)35(53)47-30(22(5)6)36(54)46-28(18-21(3)4)34(52)44-26(31(38)49)15-12-16-41-37(39)40/h9-11,13-14,20-23,26-30H,12,15-19H2,1-8H3,(H2,38,49)(H,42,51)(H,43,48)(H,44,52)(H,45,50)(H,46,54)(H,47,53)(H4,39,40,41)/t23-,26-,27-,28-,29-,30-/m0/s1. The number of primary amides is 1. The second kappa shape index (κ2) is 23.4. The van der Waals surface area contributed by atoms with Crippen molar-refractivity contribution >= 4 is 47.3 Å². The van der Waals surface area contributed by atoms with Crippen LogP contribution in [-0.4, -0.2) is 90.1 Å². The van der Waals surface area contributed by atoms with Gasteiger partial charge in [0, 0.05) is 19.9 Å². The van der Waals surface area contributed by atoms with Crippen LogP contribution in [0.4, 0.5) is 0 Å². The molecule has 6 atom stereocenters. The Labute approximate surface area is 318 Å². The molecule has 0 saturated heterocycles. The number of benzene rings is 1. The average molecular weight is 759 g/mol. The molecule has 0 aliphatic rings. The lowest BCUT2D eigenvalue weighted by Gasteiger charge is -2.29. The van der Waals surface area contributed by atoms with Crippen LogP contribution in [-0.2, 0) is 40.0 Å². The Morgan fingerprint density at radius 1 is 0.630 bits per heavy atom. The van der Waals surface area contributed by atoms with Crippen LogP contribution in [0.15, 0.2) is 30.3 Å². The summed E-state index contributed by atoms with van der Waals surface area (Å²) in [5, 5.41) is 25.9. The maximum atomic E-state index is 13.9. The Hall–Kier alpha value is -5.22. The van der Waals surface area contributed by atoms with Crippen molar-refractivity contribution in [2.45, 2.75) is 124 Å². The molecular weight excluding hydrogens is 696 g/mol. The van der Waals surface area contributed by atoms with E-state index >= 15 is 0 Å². The molecule has 12 N–H and O–H groups in total. The highest BCUT2D eigenvalue weighted by atomic mass is 16.2. The Balaban J connectivity index is 3.21. The minimum Gasteiger partial charge on any atom is -0.370 e. The van der Waals surface area contributed by atoms with E-state index in [-0.39, 0.29) is 43.6 Å². The van der Waals surface area contributed by atoms with E-state index in [9.17, 15) is 33.6 Å². The lowest BCUT2D eigenvalue weighted by atomic mass is 9.98. The van der Waals surface area contributed by atoms with Crippen LogP contribution in [0.5, 0.6) is 0 Å². The quantitative estimate of drug-likeness (QED) is 0.0397. The molecule has 0 unspecified atom stereocenters. The first kappa shape index (κ1) is 46.8. The van der Waals surface area contributed by atoms with Gasteiger partial charge in [-0.3, -0.25) is 39.0 Å². The topological polar surface area (TPSA) is 280 Å². The molecule has 0 bridgehead atoms. The van der Waals surface area contributed by atoms with Crippen molar-refractivity contribution in [3.8, 4) is 0 Å². The molecule has 1 aromatic carbocycles. The van der Waals surface area contributed by atoms with Gasteiger partial charge in [-0.15, -0.1) is 0 Å². The molecule has 0 aromatic heterocycles. The molecule has 17 heteroatoms. The lowest BCUT2D eigenvalue weighted by molar-refractivity contribution is -0.136. The van der Waals surface area contributed by atoms with E-state index in [0.29, 0.717) is 12.8 Å². The fourth-order valence-corrected chi connectivity index (χ4v) is 5.52. The molecule has 17 nitrogen and oxygen atoms in total. The van der Waals surface area contributed by atoms with Gasteiger partial charge in [0.2, 0.25) is 41.4 Å². The van der Waals surface area contributed by atoms with Gasteiger partial charge in [0.15, 0.2) is 5.96 Å². The summed E-state index contributed by atoms with van der Waals surface area (Å²) >= 11 is 0. The second-order valence-corrected chi connectivity index (χ2v) is 14.7. The van der Waals surface area contributed by atoms with Crippen LogP contribution in [0.1, 0.15) is 86.6 Å². The summed E-state index contributed by atoms with van der Waals surface area (Å²) < 4.78 is 0. The van der Waals surface area contributed by atoms with Crippen LogP contribution < -0.4 is 48.7 Å². The SMILES string of the molecule is CC(=O)N[C@@H](CC(C)C)C(=O)N[C@@H](C)C(=O)N[C@@H](Cc1ccccc1)C(=O)N[C@H](C(=O)N[C@@H](CC(C)C)C(=O)N[C@@H](CCCNC(=N)N)C(N)=O)C(C)C. The van der Waals surface area contributed by atoms with E-state index in [0.717, 1.165) is 5.56 Å². The van der Waals surface area contributed by atoms with Gasteiger partial charge in [-0.2, -0.15) is 0 Å². The Morgan fingerprint density at radius 2 is 1.13 bits per heavy atom. The van der Waals surface area contributed by atoms with Gasteiger partial charge in [0.25, 0.3) is 0 Å². The predicted molar refractivity (Wildman–Crippen MR) is 205 cm³/mol. The Kier molecular flexibility index (Phi) is 20.3. The maximum Gasteiger partial charge on any atom is 0.243 e. The summed E-state index contributed by atoms with van der Waals surface area (Å²) in [6.45, 7) is 14.0. The average Bonchev–Trinajstić information content (AvgIpc) is 3.06. The highest BCUT2D eigenvalue weighted by Crippen LogP contribution is 2.11. The number of hydrogen-bond donors (Lipinski definition) is 10. The van der Waals surface area contributed by atoms with Gasteiger partial charge in [-0.1, -0.05) is 71.9 Å². The number of amides is 7. The van der Waals surface area contributed by atoms with Gasteiger partial charge in [0.05, 0.1) is 0 Å². The van der Waals surface area contributed by atoms with Crippen molar-refractivity contribution in [3.63, 3.8) is 0 Å². The third-order valence-electron chi connectivity index (χ3n) is 8.30.